The Kier molecular flexibility index (Phi) is 15.5. The van der Waals surface area contributed by atoms with Gasteiger partial charge >= 0.3 is 5.97 Å². The van der Waals surface area contributed by atoms with Crippen LogP contribution in [0.5, 0.6) is 0 Å². The van der Waals surface area contributed by atoms with Crippen molar-refractivity contribution in [2.75, 3.05) is 0 Å². The van der Waals surface area contributed by atoms with Gasteiger partial charge < -0.3 is 67.3 Å². The molecule has 6 atom stereocenters. The zero-order valence-electron chi connectivity index (χ0n) is 46.0. The van der Waals surface area contributed by atoms with Crippen molar-refractivity contribution in [1.82, 2.24) is 56.5 Å². The summed E-state index contributed by atoms with van der Waals surface area (Å²) in [5.74, 6) is -4.82. The van der Waals surface area contributed by atoms with Crippen LogP contribution in [0.3, 0.4) is 0 Å². The Morgan fingerprint density at radius 1 is 0.306 bits per heavy atom. The lowest BCUT2D eigenvalue weighted by Crippen LogP contribution is -2.60. The van der Waals surface area contributed by atoms with Crippen molar-refractivity contribution in [3.8, 4) is 0 Å². The number of amides is 5. The first-order chi connectivity index (χ1) is 41.4. The number of benzene rings is 6. The fourth-order valence-electron chi connectivity index (χ4n) is 11.6. The molecule has 0 saturated carbocycles. The molecule has 0 aliphatic carbocycles. The minimum atomic E-state index is -1.40. The molecule has 0 saturated heterocycles. The molecule has 12 rings (SSSR count). The van der Waals surface area contributed by atoms with E-state index in [2.05, 4.69) is 56.5 Å². The highest BCUT2D eigenvalue weighted by atomic mass is 16.4. The van der Waals surface area contributed by atoms with Crippen LogP contribution in [0, 0.1) is 0 Å². The minimum absolute atomic E-state index is 0.0127. The molecule has 12 aromatic rings. The highest BCUT2D eigenvalue weighted by Crippen LogP contribution is 2.26. The number of hydrogen-bond acceptors (Lipinski definition) is 7. The number of aliphatic carboxylic acids is 1. The summed E-state index contributed by atoms with van der Waals surface area (Å²) in [4.78, 5) is 108. The van der Waals surface area contributed by atoms with Crippen LogP contribution >= 0.6 is 0 Å². The Morgan fingerprint density at radius 3 is 0.753 bits per heavy atom. The third kappa shape index (κ3) is 11.9. The smallest absolute Gasteiger partial charge is 0.326 e. The number of rotatable bonds is 23. The Balaban J connectivity index is 0.866. The first kappa shape index (κ1) is 54.9. The van der Waals surface area contributed by atoms with Gasteiger partial charge in [0.25, 0.3) is 0 Å². The topological polar surface area (TPSA) is 304 Å². The van der Waals surface area contributed by atoms with Gasteiger partial charge in [0.15, 0.2) is 0 Å². The average Bonchev–Trinajstić information content (AvgIpc) is 4.63. The summed E-state index contributed by atoms with van der Waals surface area (Å²) in [5.41, 5.74) is 15.8. The number of nitrogens with two attached hydrogens (primary N) is 1. The number of carboxylic acid groups (broad SMARTS) is 1. The molecule has 0 spiro atoms. The van der Waals surface area contributed by atoms with Crippen molar-refractivity contribution in [2.45, 2.75) is 74.8 Å². The van der Waals surface area contributed by atoms with E-state index in [-0.39, 0.29) is 38.5 Å². The van der Waals surface area contributed by atoms with Gasteiger partial charge in [-0.3, -0.25) is 24.0 Å². The first-order valence-corrected chi connectivity index (χ1v) is 28.2. The molecule has 19 heteroatoms. The predicted molar refractivity (Wildman–Crippen MR) is 327 cm³/mol. The molecule has 19 nitrogen and oxygen atoms in total. The standard InChI is InChI=1S/C66H62N12O7/c67-49(25-37-31-68-50-19-7-1-13-43(37)50)61(79)74-56(26-38-32-69-51-20-8-2-14-44(38)51)62(80)75-57(27-39-33-70-52-21-9-3-15-45(39)52)63(81)76-58(28-40-34-71-53-22-10-4-16-46(40)53)64(82)77-59(29-41-35-72-54-23-11-5-17-47(41)54)65(83)78-60(66(84)85)30-42-36-73-55-24-12-6-18-48(42)55/h1-24,31-36,49,56-60,68-73H,25-30,67H2,(H,74,79)(H,75,80)(H,76,81)(H,77,82)(H,78,83)(H,84,85)/t49-,56-,57-,58-,59-,60-/m1/s1. The quantitative estimate of drug-likeness (QED) is 0.0311. The third-order valence-electron chi connectivity index (χ3n) is 16.1. The Bertz CT molecular complexity index is 4450. The highest BCUT2D eigenvalue weighted by molar-refractivity contribution is 5.99. The van der Waals surface area contributed by atoms with Crippen molar-refractivity contribution in [3.63, 3.8) is 0 Å². The Morgan fingerprint density at radius 2 is 0.506 bits per heavy atom. The van der Waals surface area contributed by atoms with E-state index in [1.165, 1.54) is 0 Å². The Hall–Kier alpha value is -10.7. The van der Waals surface area contributed by atoms with Crippen LogP contribution in [0.4, 0.5) is 0 Å². The van der Waals surface area contributed by atoms with Crippen LogP contribution in [-0.2, 0) is 67.3 Å². The highest BCUT2D eigenvalue weighted by Gasteiger charge is 2.35. The number of carbonyl (C=O) groups excluding carboxylic acids is 5. The summed E-state index contributed by atoms with van der Waals surface area (Å²) < 4.78 is 0. The zero-order chi connectivity index (χ0) is 58.6. The first-order valence-electron chi connectivity index (χ1n) is 28.2. The minimum Gasteiger partial charge on any atom is -0.480 e. The van der Waals surface area contributed by atoms with E-state index in [4.69, 9.17) is 5.73 Å². The van der Waals surface area contributed by atoms with E-state index < -0.39 is 71.8 Å². The molecule has 0 aliphatic heterocycles. The molecule has 6 heterocycles. The van der Waals surface area contributed by atoms with E-state index in [1.54, 1.807) is 31.0 Å². The van der Waals surface area contributed by atoms with E-state index >= 15 is 14.4 Å². The normalized spacial score (nSPS) is 13.8. The fourth-order valence-corrected chi connectivity index (χ4v) is 11.6. The fraction of sp³-hybridized carbons (Fsp3) is 0.182. The van der Waals surface area contributed by atoms with Crippen molar-refractivity contribution >= 4 is 101 Å². The summed E-state index contributed by atoms with van der Waals surface area (Å²) in [7, 11) is 0. The van der Waals surface area contributed by atoms with Gasteiger partial charge in [-0.15, -0.1) is 0 Å². The largest absolute Gasteiger partial charge is 0.480 e. The van der Waals surface area contributed by atoms with Crippen molar-refractivity contribution < 1.29 is 33.9 Å². The van der Waals surface area contributed by atoms with Gasteiger partial charge in [0.05, 0.1) is 6.04 Å². The lowest BCUT2D eigenvalue weighted by atomic mass is 9.99. The van der Waals surface area contributed by atoms with Crippen LogP contribution in [-0.4, -0.2) is 107 Å². The van der Waals surface area contributed by atoms with E-state index in [0.29, 0.717) is 22.3 Å². The molecule has 0 fully saturated rings. The number of fused-ring (bicyclic) bond motifs is 6. The van der Waals surface area contributed by atoms with E-state index in [0.717, 1.165) is 76.5 Å². The molecule has 6 aromatic heterocycles. The van der Waals surface area contributed by atoms with Gasteiger partial charge in [0.1, 0.15) is 30.2 Å². The monoisotopic (exact) mass is 1130 g/mol. The third-order valence-corrected chi connectivity index (χ3v) is 16.1. The molecule has 0 aliphatic rings. The number of carboxylic acids is 1. The predicted octanol–water partition coefficient (Wildman–Crippen LogP) is 7.17. The molecule has 14 N–H and O–H groups in total. The maximum atomic E-state index is 15.5. The van der Waals surface area contributed by atoms with Crippen LogP contribution in [0.1, 0.15) is 33.4 Å². The molecule has 0 bridgehead atoms. The summed E-state index contributed by atoms with van der Waals surface area (Å²) in [6.07, 6.45) is 10.5. The zero-order valence-corrected chi connectivity index (χ0v) is 46.0. The molecule has 6 aromatic carbocycles. The molecule has 0 radical (unpaired) electrons. The lowest BCUT2D eigenvalue weighted by molar-refractivity contribution is -0.142. The van der Waals surface area contributed by atoms with Crippen LogP contribution in [0.2, 0.25) is 0 Å². The average molecular weight is 1140 g/mol. The summed E-state index contributed by atoms with van der Waals surface area (Å²) in [6, 6.07) is 37.4. The van der Waals surface area contributed by atoms with Crippen LogP contribution in [0.15, 0.2) is 183 Å². The molecule has 0 unspecified atom stereocenters. The van der Waals surface area contributed by atoms with Gasteiger partial charge in [0.2, 0.25) is 29.5 Å². The number of hydrogen-bond donors (Lipinski definition) is 13. The SMILES string of the molecule is N[C@H](Cc1c[nH]c2ccccc12)C(=O)N[C@H](Cc1c[nH]c2ccccc12)C(=O)N[C@H](Cc1c[nH]c2ccccc12)C(=O)N[C@H](Cc1c[nH]c2ccccc12)C(=O)N[C@H](Cc1c[nH]c2ccccc12)C(=O)N[C@H](Cc1c[nH]c2ccccc12)C(=O)O. The summed E-state index contributed by atoms with van der Waals surface area (Å²) in [6.45, 7) is 0. The molecular weight excluding hydrogens is 1070 g/mol. The molecule has 428 valence electrons. The van der Waals surface area contributed by atoms with Crippen molar-refractivity contribution in [1.29, 1.82) is 0 Å². The number of aromatic nitrogens is 6. The van der Waals surface area contributed by atoms with Crippen LogP contribution < -0.4 is 32.3 Å². The number of nitrogens with one attached hydrogen (secondary N) is 11. The van der Waals surface area contributed by atoms with Gasteiger partial charge in [-0.1, -0.05) is 109 Å². The molecule has 5 amide bonds. The Labute approximate surface area is 485 Å². The maximum absolute atomic E-state index is 15.5. The summed E-state index contributed by atoms with van der Waals surface area (Å²) in [5, 5.41) is 30.1. The summed E-state index contributed by atoms with van der Waals surface area (Å²) >= 11 is 0. The second-order valence-corrected chi connectivity index (χ2v) is 21.6. The van der Waals surface area contributed by atoms with Gasteiger partial charge in [-0.05, 0) is 76.2 Å². The van der Waals surface area contributed by atoms with Crippen molar-refractivity contribution in [3.05, 3.63) is 216 Å². The number of para-hydroxylation sites is 6. The van der Waals surface area contributed by atoms with E-state index in [1.807, 2.05) is 152 Å². The maximum Gasteiger partial charge on any atom is 0.326 e. The number of H-pyrrole nitrogens is 6. The molecular formula is C66H62N12O7. The lowest BCUT2D eigenvalue weighted by Gasteiger charge is -2.27. The van der Waals surface area contributed by atoms with Gasteiger partial charge in [-0.25, -0.2) is 4.79 Å². The van der Waals surface area contributed by atoms with Crippen molar-refractivity contribution in [2.24, 2.45) is 5.73 Å². The van der Waals surface area contributed by atoms with Gasteiger partial charge in [0, 0.05) is 135 Å². The molecule has 85 heavy (non-hydrogen) atoms. The second-order valence-electron chi connectivity index (χ2n) is 21.6. The number of aromatic amines is 6. The van der Waals surface area contributed by atoms with Crippen LogP contribution in [0.25, 0.3) is 65.4 Å². The number of carbonyl (C=O) groups is 6. The van der Waals surface area contributed by atoms with E-state index in [9.17, 15) is 19.5 Å². The van der Waals surface area contributed by atoms with Gasteiger partial charge in [-0.2, -0.15) is 0 Å². The second kappa shape index (κ2) is 24.0.